The molecule has 3 amide bonds. The predicted octanol–water partition coefficient (Wildman–Crippen LogP) is 0.767. The van der Waals surface area contributed by atoms with Gasteiger partial charge in [0.25, 0.3) is 0 Å². The Kier molecular flexibility index (Phi) is 4.57. The number of nitrogens with one attached hydrogen (secondary N) is 1. The number of carbonyl (C=O) groups is 3. The maximum atomic E-state index is 11.8. The highest BCUT2D eigenvalue weighted by molar-refractivity contribution is 6.00. The number of piperidine rings is 1. The van der Waals surface area contributed by atoms with E-state index in [2.05, 4.69) is 5.32 Å². The first-order valence-electron chi connectivity index (χ1n) is 6.73. The molecule has 1 heterocycles. The summed E-state index contributed by atoms with van der Waals surface area (Å²) in [4.78, 5) is 35.7. The lowest BCUT2D eigenvalue weighted by molar-refractivity contribution is -0.141. The smallest absolute Gasteiger partial charge is 0.249 e. The number of methoxy groups -OCH3 is 1. The number of hydrogen-bond donors (Lipinski definition) is 1. The highest BCUT2D eigenvalue weighted by atomic mass is 16.5. The minimum atomic E-state index is -0.596. The second kappa shape index (κ2) is 6.39. The van der Waals surface area contributed by atoms with E-state index < -0.39 is 11.9 Å². The third-order valence-corrected chi connectivity index (χ3v) is 3.65. The van der Waals surface area contributed by atoms with Crippen molar-refractivity contribution in [2.24, 2.45) is 0 Å². The van der Waals surface area contributed by atoms with E-state index >= 15 is 0 Å². The Morgan fingerprint density at radius 1 is 1.43 bits per heavy atom. The molecule has 1 unspecified atom stereocenters. The van der Waals surface area contributed by atoms with Gasteiger partial charge in [0.05, 0.1) is 7.11 Å². The van der Waals surface area contributed by atoms with E-state index in [1.807, 2.05) is 25.1 Å². The van der Waals surface area contributed by atoms with Crippen molar-refractivity contribution in [1.82, 2.24) is 10.2 Å². The van der Waals surface area contributed by atoms with E-state index in [0.29, 0.717) is 19.4 Å². The molecule has 0 saturated carbocycles. The van der Waals surface area contributed by atoms with E-state index in [1.54, 1.807) is 7.11 Å². The van der Waals surface area contributed by atoms with E-state index in [9.17, 15) is 14.4 Å². The third kappa shape index (κ3) is 3.39. The highest BCUT2D eigenvalue weighted by Crippen LogP contribution is 2.20. The van der Waals surface area contributed by atoms with E-state index in [-0.39, 0.29) is 12.3 Å². The predicted molar refractivity (Wildman–Crippen MR) is 75.5 cm³/mol. The maximum absolute atomic E-state index is 11.8. The highest BCUT2D eigenvalue weighted by Gasteiger charge is 2.31. The van der Waals surface area contributed by atoms with Crippen molar-refractivity contribution in [3.8, 4) is 5.75 Å². The lowest BCUT2D eigenvalue weighted by atomic mass is 10.0. The fraction of sp³-hybridized carbons (Fsp3) is 0.400. The normalized spacial score (nSPS) is 18.1. The van der Waals surface area contributed by atoms with Crippen LogP contribution in [0.25, 0.3) is 0 Å². The summed E-state index contributed by atoms with van der Waals surface area (Å²) in [6.07, 6.45) is 1.27. The van der Waals surface area contributed by atoms with Crippen molar-refractivity contribution in [2.45, 2.75) is 32.4 Å². The molecule has 0 radical (unpaired) electrons. The summed E-state index contributed by atoms with van der Waals surface area (Å²) in [5.74, 6) is 0.0437. The van der Waals surface area contributed by atoms with Gasteiger partial charge in [0.1, 0.15) is 11.8 Å². The molecule has 0 aromatic heterocycles. The zero-order valence-electron chi connectivity index (χ0n) is 12.1. The average molecular weight is 290 g/mol. The lowest BCUT2D eigenvalue weighted by Crippen LogP contribution is -2.51. The van der Waals surface area contributed by atoms with Crippen LogP contribution in [0.2, 0.25) is 0 Å². The third-order valence-electron chi connectivity index (χ3n) is 3.65. The van der Waals surface area contributed by atoms with Crippen molar-refractivity contribution in [2.75, 3.05) is 7.11 Å². The van der Waals surface area contributed by atoms with Gasteiger partial charge < -0.3 is 9.64 Å². The van der Waals surface area contributed by atoms with Crippen LogP contribution in [0.3, 0.4) is 0 Å². The molecule has 0 bridgehead atoms. The maximum Gasteiger partial charge on any atom is 0.249 e. The van der Waals surface area contributed by atoms with Crippen molar-refractivity contribution < 1.29 is 19.1 Å². The first kappa shape index (κ1) is 15.0. The Hall–Kier alpha value is -2.37. The van der Waals surface area contributed by atoms with Gasteiger partial charge >= 0.3 is 0 Å². The van der Waals surface area contributed by atoms with Gasteiger partial charge in [-0.25, -0.2) is 0 Å². The Bertz CT molecular complexity index is 571. The molecule has 1 saturated heterocycles. The number of nitrogens with zero attached hydrogens (tertiary/aromatic N) is 1. The Balaban J connectivity index is 2.14. The molecule has 1 fully saturated rings. The zero-order chi connectivity index (χ0) is 15.4. The Labute approximate surface area is 123 Å². The van der Waals surface area contributed by atoms with Crippen molar-refractivity contribution >= 4 is 18.2 Å². The molecule has 0 aliphatic carbocycles. The van der Waals surface area contributed by atoms with Crippen LogP contribution in [0, 0.1) is 6.92 Å². The number of benzene rings is 1. The molecule has 1 aliphatic heterocycles. The molecule has 21 heavy (non-hydrogen) atoms. The lowest BCUT2D eigenvalue weighted by Gasteiger charge is -2.30. The number of imide groups is 1. The van der Waals surface area contributed by atoms with Crippen molar-refractivity contribution in [3.63, 3.8) is 0 Å². The zero-order valence-corrected chi connectivity index (χ0v) is 12.1. The first-order valence-corrected chi connectivity index (χ1v) is 6.73. The molecule has 1 aromatic carbocycles. The van der Waals surface area contributed by atoms with Crippen molar-refractivity contribution in [3.05, 3.63) is 29.3 Å². The number of rotatable bonds is 5. The van der Waals surface area contributed by atoms with Crippen molar-refractivity contribution in [1.29, 1.82) is 0 Å². The number of hydrogen-bond acceptors (Lipinski definition) is 4. The molecule has 1 aromatic rings. The Morgan fingerprint density at radius 3 is 2.76 bits per heavy atom. The van der Waals surface area contributed by atoms with Crippen LogP contribution in [0.15, 0.2) is 18.2 Å². The average Bonchev–Trinajstić information content (AvgIpc) is 2.47. The van der Waals surface area contributed by atoms with Crippen LogP contribution in [-0.2, 0) is 20.9 Å². The number of ether oxygens (including phenoxy) is 1. The van der Waals surface area contributed by atoms with Gasteiger partial charge in [-0.1, -0.05) is 6.07 Å². The van der Waals surface area contributed by atoms with Crippen LogP contribution >= 0.6 is 0 Å². The standard InChI is InChI=1S/C15H18N2O4/c1-10-7-12(21-2)4-3-11(10)8-17(9-18)13-5-6-14(19)16-15(13)20/h3-4,7,9,13H,5-6,8H2,1-2H3,(H,16,19,20). The number of amides is 3. The molecule has 1 aliphatic rings. The minimum absolute atomic E-state index is 0.252. The molecule has 112 valence electrons. The summed E-state index contributed by atoms with van der Waals surface area (Å²) < 4.78 is 5.14. The fourth-order valence-electron chi connectivity index (χ4n) is 2.39. The quantitative estimate of drug-likeness (QED) is 0.642. The molecule has 6 heteroatoms. The number of aryl methyl sites for hydroxylation is 1. The van der Waals surface area contributed by atoms with E-state index in [4.69, 9.17) is 4.74 Å². The van der Waals surface area contributed by atoms with Gasteiger partial charge in [0.15, 0.2) is 0 Å². The first-order chi connectivity index (χ1) is 10.0. The van der Waals surface area contributed by atoms with Crippen LogP contribution in [0.4, 0.5) is 0 Å². The van der Waals surface area contributed by atoms with Crippen LogP contribution < -0.4 is 10.1 Å². The molecule has 1 atom stereocenters. The summed E-state index contributed by atoms with van der Waals surface area (Å²) in [5, 5.41) is 2.26. The van der Waals surface area contributed by atoms with Gasteiger partial charge in [-0.3, -0.25) is 19.7 Å². The summed E-state index contributed by atoms with van der Waals surface area (Å²) >= 11 is 0. The molecule has 1 N–H and O–H groups in total. The topological polar surface area (TPSA) is 75.7 Å². The van der Waals surface area contributed by atoms with Gasteiger partial charge in [-0.15, -0.1) is 0 Å². The summed E-state index contributed by atoms with van der Waals surface area (Å²) in [7, 11) is 1.59. The second-order valence-corrected chi connectivity index (χ2v) is 5.04. The number of carbonyl (C=O) groups excluding carboxylic acids is 3. The van der Waals surface area contributed by atoms with Gasteiger partial charge in [0, 0.05) is 13.0 Å². The van der Waals surface area contributed by atoms with E-state index in [1.165, 1.54) is 4.90 Å². The second-order valence-electron chi connectivity index (χ2n) is 5.04. The van der Waals surface area contributed by atoms with Gasteiger partial charge in [-0.05, 0) is 36.6 Å². The molecule has 2 rings (SSSR count). The minimum Gasteiger partial charge on any atom is -0.497 e. The van der Waals surface area contributed by atoms with Crippen LogP contribution in [0.5, 0.6) is 5.75 Å². The molecule has 6 nitrogen and oxygen atoms in total. The monoisotopic (exact) mass is 290 g/mol. The van der Waals surface area contributed by atoms with Gasteiger partial charge in [0.2, 0.25) is 18.2 Å². The summed E-state index contributed by atoms with van der Waals surface area (Å²) in [6, 6.07) is 4.97. The van der Waals surface area contributed by atoms with E-state index in [0.717, 1.165) is 16.9 Å². The Morgan fingerprint density at radius 2 is 2.19 bits per heavy atom. The molecule has 0 spiro atoms. The van der Waals surface area contributed by atoms with Crippen LogP contribution in [-0.4, -0.2) is 36.3 Å². The molecular weight excluding hydrogens is 272 g/mol. The largest absolute Gasteiger partial charge is 0.497 e. The SMILES string of the molecule is COc1ccc(CN(C=O)C2CCC(=O)NC2=O)c(C)c1. The van der Waals surface area contributed by atoms with Crippen LogP contribution in [0.1, 0.15) is 24.0 Å². The fourth-order valence-corrected chi connectivity index (χ4v) is 2.39. The summed E-state index contributed by atoms with van der Waals surface area (Å²) in [5.41, 5.74) is 1.92. The molecular formula is C15H18N2O4. The van der Waals surface area contributed by atoms with Gasteiger partial charge in [-0.2, -0.15) is 0 Å². The summed E-state index contributed by atoms with van der Waals surface area (Å²) in [6.45, 7) is 2.25.